The first-order valence-electron chi connectivity index (χ1n) is 8.93. The normalized spacial score (nSPS) is 19.7. The molecule has 0 spiro atoms. The lowest BCUT2D eigenvalue weighted by Gasteiger charge is -2.29. The molecule has 0 amide bonds. The summed E-state index contributed by atoms with van der Waals surface area (Å²) < 4.78 is 5.39. The summed E-state index contributed by atoms with van der Waals surface area (Å²) in [5.74, 6) is 1.53. The molecular formula is C17H36N4O. The van der Waals surface area contributed by atoms with Crippen molar-refractivity contribution >= 4 is 5.96 Å². The van der Waals surface area contributed by atoms with Crippen molar-refractivity contribution in [2.45, 2.75) is 52.5 Å². The summed E-state index contributed by atoms with van der Waals surface area (Å²) in [6.07, 6.45) is 5.08. The SMILES string of the molecule is CCCCCC(C)NC(=NC)NCC(C)CN1CCOCC1. The third kappa shape index (κ3) is 8.59. The molecule has 1 aliphatic heterocycles. The summed E-state index contributed by atoms with van der Waals surface area (Å²) in [6, 6.07) is 0.479. The largest absolute Gasteiger partial charge is 0.379 e. The van der Waals surface area contributed by atoms with E-state index < -0.39 is 0 Å². The molecule has 1 rings (SSSR count). The molecule has 0 saturated carbocycles. The van der Waals surface area contributed by atoms with Crippen LogP contribution in [0.3, 0.4) is 0 Å². The van der Waals surface area contributed by atoms with Gasteiger partial charge in [-0.2, -0.15) is 0 Å². The van der Waals surface area contributed by atoms with Crippen molar-refractivity contribution in [2.75, 3.05) is 46.4 Å². The Morgan fingerprint density at radius 2 is 1.95 bits per heavy atom. The first-order chi connectivity index (χ1) is 10.7. The van der Waals surface area contributed by atoms with E-state index in [0.29, 0.717) is 12.0 Å². The Bertz CT molecular complexity index is 303. The van der Waals surface area contributed by atoms with Crippen LogP contribution < -0.4 is 10.6 Å². The number of hydrogen-bond acceptors (Lipinski definition) is 3. The van der Waals surface area contributed by atoms with Crippen molar-refractivity contribution in [3.8, 4) is 0 Å². The van der Waals surface area contributed by atoms with E-state index in [-0.39, 0.29) is 0 Å². The average Bonchev–Trinajstić information content (AvgIpc) is 2.52. The van der Waals surface area contributed by atoms with E-state index in [1.165, 1.54) is 25.7 Å². The first-order valence-corrected chi connectivity index (χ1v) is 8.93. The molecule has 5 nitrogen and oxygen atoms in total. The van der Waals surface area contributed by atoms with Gasteiger partial charge in [-0.1, -0.05) is 33.1 Å². The Kier molecular flexibility index (Phi) is 10.2. The van der Waals surface area contributed by atoms with Gasteiger partial charge in [-0.05, 0) is 19.3 Å². The van der Waals surface area contributed by atoms with Gasteiger partial charge in [0.15, 0.2) is 5.96 Å². The Labute approximate surface area is 136 Å². The number of nitrogens with one attached hydrogen (secondary N) is 2. The van der Waals surface area contributed by atoms with Crippen LogP contribution in [0, 0.1) is 5.92 Å². The Morgan fingerprint density at radius 3 is 2.59 bits per heavy atom. The number of rotatable bonds is 9. The van der Waals surface area contributed by atoms with Crippen LogP contribution in [-0.4, -0.2) is 63.3 Å². The highest BCUT2D eigenvalue weighted by Gasteiger charge is 2.14. The van der Waals surface area contributed by atoms with Crippen molar-refractivity contribution in [2.24, 2.45) is 10.9 Å². The second-order valence-corrected chi connectivity index (χ2v) is 6.51. The minimum absolute atomic E-state index is 0.479. The van der Waals surface area contributed by atoms with Gasteiger partial charge in [0.1, 0.15) is 0 Å². The van der Waals surface area contributed by atoms with E-state index in [9.17, 15) is 0 Å². The van der Waals surface area contributed by atoms with Gasteiger partial charge in [0.25, 0.3) is 0 Å². The van der Waals surface area contributed by atoms with Crippen molar-refractivity contribution < 1.29 is 4.74 Å². The summed E-state index contributed by atoms with van der Waals surface area (Å²) in [4.78, 5) is 6.82. The number of guanidine groups is 1. The molecule has 0 aliphatic carbocycles. The van der Waals surface area contributed by atoms with Crippen LogP contribution in [0.4, 0.5) is 0 Å². The topological polar surface area (TPSA) is 48.9 Å². The monoisotopic (exact) mass is 312 g/mol. The lowest BCUT2D eigenvalue weighted by Crippen LogP contribution is -2.46. The van der Waals surface area contributed by atoms with E-state index in [0.717, 1.165) is 45.4 Å². The molecule has 2 unspecified atom stereocenters. The van der Waals surface area contributed by atoms with Crippen LogP contribution in [-0.2, 0) is 4.74 Å². The maximum absolute atomic E-state index is 5.39. The summed E-state index contributed by atoms with van der Waals surface area (Å²) in [7, 11) is 1.85. The van der Waals surface area contributed by atoms with Crippen molar-refractivity contribution in [1.82, 2.24) is 15.5 Å². The molecule has 1 aliphatic rings. The van der Waals surface area contributed by atoms with Crippen LogP contribution in [0.5, 0.6) is 0 Å². The summed E-state index contributed by atoms with van der Waals surface area (Å²) in [5, 5.41) is 6.95. The van der Waals surface area contributed by atoms with Crippen molar-refractivity contribution in [3.63, 3.8) is 0 Å². The molecule has 5 heteroatoms. The van der Waals surface area contributed by atoms with Crippen LogP contribution in [0.15, 0.2) is 4.99 Å². The highest BCUT2D eigenvalue weighted by molar-refractivity contribution is 5.79. The Hall–Kier alpha value is -0.810. The van der Waals surface area contributed by atoms with Gasteiger partial charge in [0.05, 0.1) is 13.2 Å². The predicted octanol–water partition coefficient (Wildman–Crippen LogP) is 2.09. The van der Waals surface area contributed by atoms with E-state index in [2.05, 4.69) is 41.3 Å². The second-order valence-electron chi connectivity index (χ2n) is 6.51. The molecule has 22 heavy (non-hydrogen) atoms. The van der Waals surface area contributed by atoms with E-state index >= 15 is 0 Å². The molecule has 2 atom stereocenters. The number of morpholine rings is 1. The van der Waals surface area contributed by atoms with Gasteiger partial charge in [0, 0.05) is 39.3 Å². The molecule has 0 aromatic heterocycles. The van der Waals surface area contributed by atoms with Crippen LogP contribution in [0.2, 0.25) is 0 Å². The summed E-state index contributed by atoms with van der Waals surface area (Å²) in [5.41, 5.74) is 0. The number of hydrogen-bond donors (Lipinski definition) is 2. The molecule has 1 heterocycles. The van der Waals surface area contributed by atoms with Gasteiger partial charge in [0.2, 0.25) is 0 Å². The minimum Gasteiger partial charge on any atom is -0.379 e. The third-order valence-electron chi connectivity index (χ3n) is 4.14. The third-order valence-corrected chi connectivity index (χ3v) is 4.14. The van der Waals surface area contributed by atoms with E-state index in [1.54, 1.807) is 0 Å². The molecule has 0 bridgehead atoms. The van der Waals surface area contributed by atoms with Crippen molar-refractivity contribution in [3.05, 3.63) is 0 Å². The number of unbranched alkanes of at least 4 members (excludes halogenated alkanes) is 2. The van der Waals surface area contributed by atoms with Gasteiger partial charge in [-0.25, -0.2) is 0 Å². The van der Waals surface area contributed by atoms with E-state index in [4.69, 9.17) is 4.74 Å². The first kappa shape index (κ1) is 19.2. The zero-order valence-electron chi connectivity index (χ0n) is 15.0. The highest BCUT2D eigenvalue weighted by Crippen LogP contribution is 2.04. The maximum Gasteiger partial charge on any atom is 0.191 e. The van der Waals surface area contributed by atoms with E-state index in [1.807, 2.05) is 7.05 Å². The standard InChI is InChI=1S/C17H36N4O/c1-5-6-7-8-16(3)20-17(18-4)19-13-15(2)14-21-9-11-22-12-10-21/h15-16H,5-14H2,1-4H3,(H2,18,19,20). The number of nitrogens with zero attached hydrogens (tertiary/aromatic N) is 2. The summed E-state index contributed by atoms with van der Waals surface area (Å²) in [6.45, 7) is 12.7. The highest BCUT2D eigenvalue weighted by atomic mass is 16.5. The predicted molar refractivity (Wildman–Crippen MR) is 94.5 cm³/mol. The molecule has 1 saturated heterocycles. The van der Waals surface area contributed by atoms with Gasteiger partial charge in [-0.15, -0.1) is 0 Å². The van der Waals surface area contributed by atoms with Gasteiger partial charge < -0.3 is 15.4 Å². The van der Waals surface area contributed by atoms with Gasteiger partial charge >= 0.3 is 0 Å². The average molecular weight is 313 g/mol. The number of ether oxygens (including phenoxy) is 1. The molecule has 0 aromatic carbocycles. The lowest BCUT2D eigenvalue weighted by atomic mass is 10.1. The van der Waals surface area contributed by atoms with Crippen molar-refractivity contribution in [1.29, 1.82) is 0 Å². The molecule has 1 fully saturated rings. The fourth-order valence-corrected chi connectivity index (χ4v) is 2.76. The maximum atomic E-state index is 5.39. The zero-order chi connectivity index (χ0) is 16.2. The summed E-state index contributed by atoms with van der Waals surface area (Å²) >= 11 is 0. The molecule has 2 N–H and O–H groups in total. The second kappa shape index (κ2) is 11.7. The van der Waals surface area contributed by atoms with Crippen LogP contribution in [0.25, 0.3) is 0 Å². The molecule has 0 aromatic rings. The molecule has 0 radical (unpaired) electrons. The van der Waals surface area contributed by atoms with Gasteiger partial charge in [-0.3, -0.25) is 9.89 Å². The fourth-order valence-electron chi connectivity index (χ4n) is 2.76. The van der Waals surface area contributed by atoms with Crippen LogP contribution >= 0.6 is 0 Å². The zero-order valence-corrected chi connectivity index (χ0v) is 15.0. The van der Waals surface area contributed by atoms with Crippen LogP contribution in [0.1, 0.15) is 46.5 Å². The fraction of sp³-hybridized carbons (Fsp3) is 0.941. The smallest absolute Gasteiger partial charge is 0.191 e. The minimum atomic E-state index is 0.479. The molecular weight excluding hydrogens is 276 g/mol. The Morgan fingerprint density at radius 1 is 1.23 bits per heavy atom. The Balaban J connectivity index is 2.19. The number of aliphatic imine (C=N–C) groups is 1. The quantitative estimate of drug-likeness (QED) is 0.389. The molecule has 130 valence electrons. The lowest BCUT2D eigenvalue weighted by molar-refractivity contribution is 0.0320.